The Morgan fingerprint density at radius 1 is 0.963 bits per heavy atom. The molecule has 2 aromatic carbocycles. The van der Waals surface area contributed by atoms with Crippen molar-refractivity contribution in [2.45, 2.75) is 32.2 Å². The van der Waals surface area contributed by atoms with Crippen molar-refractivity contribution in [1.82, 2.24) is 10.6 Å². The Morgan fingerprint density at radius 2 is 1.59 bits per heavy atom. The van der Waals surface area contributed by atoms with Crippen LogP contribution >= 0.6 is 0 Å². The lowest BCUT2D eigenvalue weighted by atomic mass is 10.2. The van der Waals surface area contributed by atoms with Gasteiger partial charge in [-0.25, -0.2) is 4.39 Å². The summed E-state index contributed by atoms with van der Waals surface area (Å²) in [5.41, 5.74) is 0.955. The van der Waals surface area contributed by atoms with Crippen LogP contribution in [-0.2, 0) is 16.1 Å². The minimum atomic E-state index is -0.307. The zero-order valence-electron chi connectivity index (χ0n) is 15.0. The van der Waals surface area contributed by atoms with Crippen LogP contribution in [0.3, 0.4) is 0 Å². The number of hydrogen-bond acceptors (Lipinski definition) is 3. The molecule has 2 aromatic rings. The molecule has 3 rings (SSSR count). The number of carbonyl (C=O) groups is 2. The molecule has 0 spiro atoms. The Labute approximate surface area is 157 Å². The van der Waals surface area contributed by atoms with Crippen molar-refractivity contribution in [2.75, 3.05) is 6.54 Å². The van der Waals surface area contributed by atoms with Gasteiger partial charge in [-0.2, -0.15) is 0 Å². The second-order valence-electron chi connectivity index (χ2n) is 6.65. The minimum Gasteiger partial charge on any atom is -0.457 e. The van der Waals surface area contributed by atoms with Gasteiger partial charge in [0.25, 0.3) is 0 Å². The fourth-order valence-corrected chi connectivity index (χ4v) is 2.55. The summed E-state index contributed by atoms with van der Waals surface area (Å²) in [5.74, 6) is 1.17. The molecule has 6 heteroatoms. The number of rotatable bonds is 9. The van der Waals surface area contributed by atoms with Crippen LogP contribution in [0.15, 0.2) is 48.5 Å². The van der Waals surface area contributed by atoms with Crippen molar-refractivity contribution in [3.8, 4) is 11.5 Å². The number of nitrogens with one attached hydrogen (secondary N) is 2. The van der Waals surface area contributed by atoms with Crippen LogP contribution in [-0.4, -0.2) is 18.4 Å². The lowest BCUT2D eigenvalue weighted by Crippen LogP contribution is -2.28. The van der Waals surface area contributed by atoms with E-state index in [1.54, 1.807) is 24.3 Å². The first kappa shape index (κ1) is 18.9. The van der Waals surface area contributed by atoms with E-state index in [4.69, 9.17) is 4.74 Å². The quantitative estimate of drug-likeness (QED) is 0.664. The second-order valence-corrected chi connectivity index (χ2v) is 6.65. The minimum absolute atomic E-state index is 0.0395. The first-order valence-electron chi connectivity index (χ1n) is 9.17. The first-order valence-corrected chi connectivity index (χ1v) is 9.17. The van der Waals surface area contributed by atoms with Crippen molar-refractivity contribution in [2.24, 2.45) is 5.92 Å². The predicted octanol–water partition coefficient (Wildman–Crippen LogP) is 3.54. The van der Waals surface area contributed by atoms with E-state index in [0.717, 1.165) is 18.4 Å². The third-order valence-corrected chi connectivity index (χ3v) is 4.29. The molecule has 5 nitrogen and oxygen atoms in total. The maximum atomic E-state index is 12.9. The van der Waals surface area contributed by atoms with Crippen molar-refractivity contribution < 1.29 is 18.7 Å². The van der Waals surface area contributed by atoms with Crippen molar-refractivity contribution in [3.05, 3.63) is 59.9 Å². The number of ether oxygens (including phenoxy) is 1. The highest BCUT2D eigenvalue weighted by atomic mass is 19.1. The molecule has 0 heterocycles. The molecule has 0 atom stereocenters. The Kier molecular flexibility index (Phi) is 6.41. The van der Waals surface area contributed by atoms with E-state index in [1.165, 1.54) is 12.1 Å². The van der Waals surface area contributed by atoms with E-state index in [9.17, 15) is 14.0 Å². The van der Waals surface area contributed by atoms with E-state index >= 15 is 0 Å². The van der Waals surface area contributed by atoms with Crippen LogP contribution in [0.4, 0.5) is 4.39 Å². The van der Waals surface area contributed by atoms with Crippen molar-refractivity contribution >= 4 is 11.8 Å². The molecule has 1 fully saturated rings. The molecule has 2 amide bonds. The summed E-state index contributed by atoms with van der Waals surface area (Å²) in [4.78, 5) is 23.3. The molecule has 0 radical (unpaired) electrons. The summed E-state index contributed by atoms with van der Waals surface area (Å²) in [6.45, 7) is 0.974. The monoisotopic (exact) mass is 370 g/mol. The van der Waals surface area contributed by atoms with Gasteiger partial charge in [0.05, 0.1) is 0 Å². The van der Waals surface area contributed by atoms with Gasteiger partial charge in [0, 0.05) is 25.4 Å². The summed E-state index contributed by atoms with van der Waals surface area (Å²) in [5, 5.41) is 5.71. The molecule has 142 valence electrons. The van der Waals surface area contributed by atoms with Crippen molar-refractivity contribution in [1.29, 1.82) is 0 Å². The van der Waals surface area contributed by atoms with E-state index in [0.29, 0.717) is 37.4 Å². The van der Waals surface area contributed by atoms with E-state index in [2.05, 4.69) is 10.6 Å². The van der Waals surface area contributed by atoms with Gasteiger partial charge in [-0.3, -0.25) is 9.59 Å². The third kappa shape index (κ3) is 6.40. The van der Waals surface area contributed by atoms with Gasteiger partial charge in [-0.15, -0.1) is 0 Å². The summed E-state index contributed by atoms with van der Waals surface area (Å²) < 4.78 is 18.5. The van der Waals surface area contributed by atoms with Gasteiger partial charge in [0.2, 0.25) is 11.8 Å². The maximum Gasteiger partial charge on any atom is 0.223 e. The third-order valence-electron chi connectivity index (χ3n) is 4.29. The van der Waals surface area contributed by atoms with Gasteiger partial charge < -0.3 is 15.4 Å². The average molecular weight is 370 g/mol. The number of amides is 2. The Morgan fingerprint density at radius 3 is 2.22 bits per heavy atom. The standard InChI is InChI=1S/C21H23FN2O3/c22-17-7-11-19(12-8-17)27-18-9-3-15(4-10-18)14-24-20(25)2-1-13-23-21(26)16-5-6-16/h3-4,7-12,16H,1-2,5-6,13-14H2,(H,23,26)(H,24,25). The van der Waals surface area contributed by atoms with E-state index in [1.807, 2.05) is 12.1 Å². The average Bonchev–Trinajstić information content (AvgIpc) is 3.52. The Bertz CT molecular complexity index is 771. The molecule has 27 heavy (non-hydrogen) atoms. The Balaban J connectivity index is 1.34. The highest BCUT2D eigenvalue weighted by Crippen LogP contribution is 2.28. The summed E-state index contributed by atoms with van der Waals surface area (Å²) in [6, 6.07) is 13.2. The molecule has 1 saturated carbocycles. The number of hydrogen-bond donors (Lipinski definition) is 2. The Hall–Kier alpha value is -2.89. The highest BCUT2D eigenvalue weighted by Gasteiger charge is 2.28. The molecule has 0 bridgehead atoms. The van der Waals surface area contributed by atoms with Crippen LogP contribution < -0.4 is 15.4 Å². The molecule has 0 aliphatic heterocycles. The molecular weight excluding hydrogens is 347 g/mol. The maximum absolute atomic E-state index is 12.9. The van der Waals surface area contributed by atoms with Crippen LogP contribution in [0.5, 0.6) is 11.5 Å². The predicted molar refractivity (Wildman–Crippen MR) is 99.7 cm³/mol. The topological polar surface area (TPSA) is 67.4 Å². The second kappa shape index (κ2) is 9.16. The normalized spacial score (nSPS) is 13.1. The van der Waals surface area contributed by atoms with Crippen LogP contribution in [0.2, 0.25) is 0 Å². The number of carbonyl (C=O) groups excluding carboxylic acids is 2. The molecule has 1 aliphatic rings. The lowest BCUT2D eigenvalue weighted by molar-refractivity contribution is -0.123. The number of benzene rings is 2. The molecular formula is C21H23FN2O3. The molecule has 0 aromatic heterocycles. The van der Waals surface area contributed by atoms with Gasteiger partial charge in [-0.1, -0.05) is 12.1 Å². The fourth-order valence-electron chi connectivity index (χ4n) is 2.55. The van der Waals surface area contributed by atoms with E-state index < -0.39 is 0 Å². The largest absolute Gasteiger partial charge is 0.457 e. The van der Waals surface area contributed by atoms with Gasteiger partial charge in [0.15, 0.2) is 0 Å². The summed E-state index contributed by atoms with van der Waals surface area (Å²) >= 11 is 0. The van der Waals surface area contributed by atoms with Gasteiger partial charge in [0.1, 0.15) is 17.3 Å². The SMILES string of the molecule is O=C(CCCNC(=O)C1CC1)NCc1ccc(Oc2ccc(F)cc2)cc1. The zero-order chi connectivity index (χ0) is 19.1. The molecule has 2 N–H and O–H groups in total. The summed E-state index contributed by atoms with van der Waals surface area (Å²) in [6.07, 6.45) is 2.99. The van der Waals surface area contributed by atoms with Gasteiger partial charge >= 0.3 is 0 Å². The van der Waals surface area contributed by atoms with Crippen LogP contribution in [0, 0.1) is 11.7 Å². The first-order chi connectivity index (χ1) is 13.1. The lowest BCUT2D eigenvalue weighted by Gasteiger charge is -2.08. The van der Waals surface area contributed by atoms with Gasteiger partial charge in [-0.05, 0) is 61.2 Å². The summed E-state index contributed by atoms with van der Waals surface area (Å²) in [7, 11) is 0. The highest BCUT2D eigenvalue weighted by molar-refractivity contribution is 5.81. The zero-order valence-corrected chi connectivity index (χ0v) is 15.0. The molecule has 0 unspecified atom stereocenters. The van der Waals surface area contributed by atoms with E-state index in [-0.39, 0.29) is 23.5 Å². The fraction of sp³-hybridized carbons (Fsp3) is 0.333. The number of halogens is 1. The molecule has 0 saturated heterocycles. The van der Waals surface area contributed by atoms with Crippen LogP contribution in [0.1, 0.15) is 31.2 Å². The smallest absolute Gasteiger partial charge is 0.223 e. The van der Waals surface area contributed by atoms with Crippen molar-refractivity contribution in [3.63, 3.8) is 0 Å². The molecule has 1 aliphatic carbocycles. The van der Waals surface area contributed by atoms with Crippen LogP contribution in [0.25, 0.3) is 0 Å².